The lowest BCUT2D eigenvalue weighted by Gasteiger charge is -2.15. The van der Waals surface area contributed by atoms with E-state index < -0.39 is 39.3 Å². The van der Waals surface area contributed by atoms with Gasteiger partial charge in [-0.05, 0) is 54.4 Å². The molecule has 4 rings (SSSR count). The molecule has 1 atom stereocenters. The molecule has 0 aliphatic heterocycles. The van der Waals surface area contributed by atoms with Crippen LogP contribution in [0.4, 0.5) is 15.8 Å². The summed E-state index contributed by atoms with van der Waals surface area (Å²) in [7, 11) is -4.14. The van der Waals surface area contributed by atoms with Crippen LogP contribution in [-0.4, -0.2) is 42.2 Å². The second-order valence-corrected chi connectivity index (χ2v) is 9.88. The van der Waals surface area contributed by atoms with Crippen molar-refractivity contribution >= 4 is 39.1 Å². The van der Waals surface area contributed by atoms with E-state index in [1.165, 1.54) is 36.5 Å². The first-order valence-corrected chi connectivity index (χ1v) is 12.2. The van der Waals surface area contributed by atoms with Crippen LogP contribution >= 0.6 is 0 Å². The Hall–Kier alpha value is -4.32. The molecule has 0 bridgehead atoms. The summed E-state index contributed by atoms with van der Waals surface area (Å²) < 4.78 is 42.4. The van der Waals surface area contributed by atoms with Gasteiger partial charge in [-0.3, -0.25) is 19.3 Å². The molecule has 36 heavy (non-hydrogen) atoms. The maximum atomic E-state index is 14.7. The number of Topliss-reactive ketones (excluding diaryl/α,β-unsaturated/α-hetero) is 1. The molecule has 12 heteroatoms. The SMILES string of the molecule is Nc1ccc(C[C@H](NC(=O)c2ccc(NS(=O)(=O)c3ccc4c(c3)C(=O)CC4)cc2F)C(=O)O)nc1. The average Bonchev–Trinajstić information content (AvgIpc) is 3.20. The largest absolute Gasteiger partial charge is 0.480 e. The minimum Gasteiger partial charge on any atom is -0.480 e. The van der Waals surface area contributed by atoms with E-state index in [1.807, 2.05) is 0 Å². The summed E-state index contributed by atoms with van der Waals surface area (Å²) in [5, 5.41) is 11.7. The Bertz CT molecular complexity index is 1470. The number of carbonyl (C=O) groups is 3. The molecule has 3 aromatic rings. The summed E-state index contributed by atoms with van der Waals surface area (Å²) in [5.41, 5.74) is 6.78. The van der Waals surface area contributed by atoms with Crippen LogP contribution in [0.15, 0.2) is 59.6 Å². The Labute approximate surface area is 205 Å². The van der Waals surface area contributed by atoms with Crippen LogP contribution in [0.3, 0.4) is 0 Å². The Kier molecular flexibility index (Phi) is 6.71. The van der Waals surface area contributed by atoms with E-state index in [-0.39, 0.29) is 22.8 Å². The number of nitrogens with one attached hydrogen (secondary N) is 2. The predicted molar refractivity (Wildman–Crippen MR) is 128 cm³/mol. The van der Waals surface area contributed by atoms with Gasteiger partial charge in [0, 0.05) is 24.1 Å². The van der Waals surface area contributed by atoms with Crippen molar-refractivity contribution in [1.29, 1.82) is 0 Å². The summed E-state index contributed by atoms with van der Waals surface area (Å²) in [4.78, 5) is 39.9. The van der Waals surface area contributed by atoms with Crippen LogP contribution in [0, 0.1) is 5.82 Å². The topological polar surface area (TPSA) is 169 Å². The fourth-order valence-corrected chi connectivity index (χ4v) is 4.84. The lowest BCUT2D eigenvalue weighted by molar-refractivity contribution is -0.139. The number of carbonyl (C=O) groups excluding carboxylic acids is 2. The second kappa shape index (κ2) is 9.74. The number of fused-ring (bicyclic) bond motifs is 1. The second-order valence-electron chi connectivity index (χ2n) is 8.19. The summed E-state index contributed by atoms with van der Waals surface area (Å²) in [6.45, 7) is 0. The summed E-state index contributed by atoms with van der Waals surface area (Å²) in [5.74, 6) is -3.55. The molecule has 2 aromatic carbocycles. The van der Waals surface area contributed by atoms with E-state index in [0.29, 0.717) is 29.8 Å². The minimum absolute atomic E-state index is 0.143. The van der Waals surface area contributed by atoms with Gasteiger partial charge in [-0.2, -0.15) is 0 Å². The van der Waals surface area contributed by atoms with Gasteiger partial charge in [0.1, 0.15) is 11.9 Å². The van der Waals surface area contributed by atoms with Gasteiger partial charge < -0.3 is 16.2 Å². The van der Waals surface area contributed by atoms with Crippen molar-refractivity contribution in [3.63, 3.8) is 0 Å². The van der Waals surface area contributed by atoms with Crippen molar-refractivity contribution in [2.45, 2.75) is 30.2 Å². The van der Waals surface area contributed by atoms with E-state index in [1.54, 1.807) is 6.07 Å². The zero-order chi connectivity index (χ0) is 26.0. The highest BCUT2D eigenvalue weighted by Crippen LogP contribution is 2.26. The molecule has 5 N–H and O–H groups in total. The molecular formula is C24H21FN4O6S. The van der Waals surface area contributed by atoms with Crippen molar-refractivity contribution in [2.24, 2.45) is 0 Å². The third kappa shape index (κ3) is 5.33. The van der Waals surface area contributed by atoms with E-state index >= 15 is 0 Å². The molecule has 186 valence electrons. The highest BCUT2D eigenvalue weighted by atomic mass is 32.2. The minimum atomic E-state index is -4.14. The van der Waals surface area contributed by atoms with Crippen LogP contribution in [0.1, 0.15) is 38.4 Å². The number of aliphatic carboxylic acids is 1. The Morgan fingerprint density at radius 1 is 1.11 bits per heavy atom. The molecular weight excluding hydrogens is 491 g/mol. The van der Waals surface area contributed by atoms with Gasteiger partial charge >= 0.3 is 5.97 Å². The van der Waals surface area contributed by atoms with Crippen LogP contribution in [-0.2, 0) is 27.7 Å². The number of amides is 1. The molecule has 0 unspecified atom stereocenters. The molecule has 1 amide bonds. The van der Waals surface area contributed by atoms with Crippen LogP contribution < -0.4 is 15.8 Å². The number of carboxylic acid groups (broad SMARTS) is 1. The smallest absolute Gasteiger partial charge is 0.326 e. The third-order valence-electron chi connectivity index (χ3n) is 5.64. The Balaban J connectivity index is 1.48. The van der Waals surface area contributed by atoms with E-state index in [0.717, 1.165) is 17.7 Å². The number of benzene rings is 2. The van der Waals surface area contributed by atoms with Gasteiger partial charge in [-0.25, -0.2) is 17.6 Å². The number of aromatic nitrogens is 1. The maximum absolute atomic E-state index is 14.7. The number of hydrogen-bond donors (Lipinski definition) is 4. The molecule has 0 fully saturated rings. The molecule has 1 aliphatic carbocycles. The number of hydrogen-bond acceptors (Lipinski definition) is 7. The predicted octanol–water partition coefficient (Wildman–Crippen LogP) is 2.16. The normalized spacial score (nSPS) is 13.6. The zero-order valence-corrected chi connectivity index (χ0v) is 19.5. The van der Waals surface area contributed by atoms with Crippen molar-refractivity contribution in [3.8, 4) is 0 Å². The Morgan fingerprint density at radius 3 is 2.56 bits per heavy atom. The third-order valence-corrected chi connectivity index (χ3v) is 7.02. The number of anilines is 2. The number of ketones is 1. The first-order chi connectivity index (χ1) is 17.0. The molecule has 0 spiro atoms. The van der Waals surface area contributed by atoms with E-state index in [4.69, 9.17) is 5.73 Å². The van der Waals surface area contributed by atoms with Gasteiger partial charge in [0.25, 0.3) is 15.9 Å². The zero-order valence-electron chi connectivity index (χ0n) is 18.7. The molecule has 0 saturated carbocycles. The van der Waals surface area contributed by atoms with Crippen molar-refractivity contribution in [2.75, 3.05) is 10.5 Å². The lowest BCUT2D eigenvalue weighted by Crippen LogP contribution is -2.42. The van der Waals surface area contributed by atoms with Crippen LogP contribution in [0.5, 0.6) is 0 Å². The molecule has 1 aromatic heterocycles. The number of rotatable bonds is 8. The fraction of sp³-hybridized carbons (Fsp3) is 0.167. The first-order valence-electron chi connectivity index (χ1n) is 10.8. The van der Waals surface area contributed by atoms with Crippen molar-refractivity contribution < 1.29 is 32.3 Å². The number of nitrogens with two attached hydrogens (primary N) is 1. The quantitative estimate of drug-likeness (QED) is 0.356. The van der Waals surface area contributed by atoms with Gasteiger partial charge in [-0.1, -0.05) is 6.07 Å². The molecule has 1 aliphatic rings. The number of pyridine rings is 1. The Morgan fingerprint density at radius 2 is 1.89 bits per heavy atom. The monoisotopic (exact) mass is 512 g/mol. The number of nitrogens with zero attached hydrogens (tertiary/aromatic N) is 1. The van der Waals surface area contributed by atoms with Crippen LogP contribution in [0.25, 0.3) is 0 Å². The van der Waals surface area contributed by atoms with E-state index in [2.05, 4.69) is 15.0 Å². The van der Waals surface area contributed by atoms with Gasteiger partial charge in [0.05, 0.1) is 28.0 Å². The summed E-state index contributed by atoms with van der Waals surface area (Å²) in [6.07, 6.45) is 2.05. The molecule has 1 heterocycles. The van der Waals surface area contributed by atoms with Gasteiger partial charge in [0.2, 0.25) is 0 Å². The van der Waals surface area contributed by atoms with Crippen molar-refractivity contribution in [3.05, 3.63) is 82.9 Å². The highest BCUT2D eigenvalue weighted by Gasteiger charge is 2.25. The lowest BCUT2D eigenvalue weighted by atomic mass is 10.1. The van der Waals surface area contributed by atoms with E-state index in [9.17, 15) is 32.3 Å². The fourth-order valence-electron chi connectivity index (χ4n) is 3.76. The summed E-state index contributed by atoms with van der Waals surface area (Å²) in [6, 6.07) is 8.88. The standard InChI is InChI=1S/C24H21FN4O6S/c25-20-9-16(29-36(34,35)17-6-1-13-2-8-22(30)19(13)11-17)5-7-18(20)23(31)28-21(24(32)33)10-15-4-3-14(26)12-27-15/h1,3-7,9,11-12,21,29H,2,8,10,26H2,(H,28,31)(H,32,33)/t21-/m0/s1. The number of halogens is 1. The average molecular weight is 513 g/mol. The number of aryl methyl sites for hydroxylation is 1. The van der Waals surface area contributed by atoms with Crippen molar-refractivity contribution in [1.82, 2.24) is 10.3 Å². The van der Waals surface area contributed by atoms with Gasteiger partial charge in [0.15, 0.2) is 5.78 Å². The first kappa shape index (κ1) is 24.8. The molecule has 0 saturated heterocycles. The summed E-state index contributed by atoms with van der Waals surface area (Å²) >= 11 is 0. The highest BCUT2D eigenvalue weighted by molar-refractivity contribution is 7.92. The molecule has 10 nitrogen and oxygen atoms in total. The molecule has 0 radical (unpaired) electrons. The number of carboxylic acids is 1. The van der Waals surface area contributed by atoms with Gasteiger partial charge in [-0.15, -0.1) is 0 Å². The number of nitrogen functional groups attached to an aromatic ring is 1. The number of sulfonamides is 1. The maximum Gasteiger partial charge on any atom is 0.326 e. The van der Waals surface area contributed by atoms with Crippen LogP contribution in [0.2, 0.25) is 0 Å².